The molecule has 1 aliphatic carbocycles. The maximum absolute atomic E-state index is 6.28. The van der Waals surface area contributed by atoms with E-state index in [0.717, 1.165) is 24.7 Å². The summed E-state index contributed by atoms with van der Waals surface area (Å²) >= 11 is 0. The maximum atomic E-state index is 6.28. The van der Waals surface area contributed by atoms with E-state index in [1.807, 2.05) is 0 Å². The lowest BCUT2D eigenvalue weighted by molar-refractivity contribution is 0.0863. The van der Waals surface area contributed by atoms with E-state index in [0.29, 0.717) is 0 Å². The predicted octanol–water partition coefficient (Wildman–Crippen LogP) is 0.721. The first kappa shape index (κ1) is 13.5. The molecule has 0 radical (unpaired) electrons. The lowest BCUT2D eigenvalue weighted by Gasteiger charge is -2.42. The first-order chi connectivity index (χ1) is 9.72. The average Bonchev–Trinajstić information content (AvgIpc) is 3.13. The van der Waals surface area contributed by atoms with Crippen molar-refractivity contribution in [3.05, 3.63) is 0 Å². The quantitative estimate of drug-likeness (QED) is 0.825. The number of fused-ring (bicyclic) bond motifs is 2. The van der Waals surface area contributed by atoms with Crippen LogP contribution in [0.4, 0.5) is 0 Å². The highest BCUT2D eigenvalue weighted by molar-refractivity contribution is 5.06. The summed E-state index contributed by atoms with van der Waals surface area (Å²) in [7, 11) is 2.34. The summed E-state index contributed by atoms with van der Waals surface area (Å²) in [6.45, 7) is 5.87. The molecule has 3 atom stereocenters. The van der Waals surface area contributed by atoms with Crippen molar-refractivity contribution in [1.29, 1.82) is 0 Å². The van der Waals surface area contributed by atoms with Gasteiger partial charge in [-0.05, 0) is 45.6 Å². The van der Waals surface area contributed by atoms with Gasteiger partial charge >= 0.3 is 0 Å². The molecule has 4 rings (SSSR count). The van der Waals surface area contributed by atoms with E-state index in [4.69, 9.17) is 5.73 Å². The molecule has 4 nitrogen and oxygen atoms in total. The van der Waals surface area contributed by atoms with Gasteiger partial charge in [0, 0.05) is 56.4 Å². The number of rotatable bonds is 3. The molecule has 3 unspecified atom stereocenters. The first-order valence-corrected chi connectivity index (χ1v) is 8.63. The summed E-state index contributed by atoms with van der Waals surface area (Å²) in [5.41, 5.74) is 6.57. The molecule has 4 aliphatic rings. The Morgan fingerprint density at radius 3 is 2.50 bits per heavy atom. The van der Waals surface area contributed by atoms with Crippen molar-refractivity contribution in [3.8, 4) is 0 Å². The van der Waals surface area contributed by atoms with Gasteiger partial charge in [0.1, 0.15) is 0 Å². The normalized spacial score (nSPS) is 44.1. The third-order valence-corrected chi connectivity index (χ3v) is 6.62. The molecule has 0 spiro atoms. The number of likely N-dealkylation sites (N-methyl/N-ethyl adjacent to an activating group) is 1. The molecule has 3 saturated heterocycles. The van der Waals surface area contributed by atoms with Gasteiger partial charge in [0.2, 0.25) is 0 Å². The van der Waals surface area contributed by atoms with Gasteiger partial charge < -0.3 is 5.73 Å². The summed E-state index contributed by atoms with van der Waals surface area (Å²) in [5.74, 6) is 0. The maximum Gasteiger partial charge on any atom is 0.0471 e. The van der Waals surface area contributed by atoms with Crippen molar-refractivity contribution in [3.63, 3.8) is 0 Å². The highest BCUT2D eigenvalue weighted by atomic mass is 15.3. The van der Waals surface area contributed by atoms with Crippen LogP contribution in [0.2, 0.25) is 0 Å². The monoisotopic (exact) mass is 278 g/mol. The zero-order valence-corrected chi connectivity index (χ0v) is 12.9. The van der Waals surface area contributed by atoms with Crippen molar-refractivity contribution in [1.82, 2.24) is 14.7 Å². The lowest BCUT2D eigenvalue weighted by atomic mass is 9.93. The van der Waals surface area contributed by atoms with E-state index in [2.05, 4.69) is 21.7 Å². The van der Waals surface area contributed by atoms with Crippen LogP contribution >= 0.6 is 0 Å². The fourth-order valence-corrected chi connectivity index (χ4v) is 4.93. The molecular weight excluding hydrogens is 248 g/mol. The third-order valence-electron chi connectivity index (χ3n) is 6.62. The van der Waals surface area contributed by atoms with Gasteiger partial charge in [-0.1, -0.05) is 0 Å². The predicted molar refractivity (Wildman–Crippen MR) is 81.8 cm³/mol. The van der Waals surface area contributed by atoms with Gasteiger partial charge in [-0.2, -0.15) is 0 Å². The Labute approximate surface area is 123 Å². The van der Waals surface area contributed by atoms with Crippen molar-refractivity contribution in [2.75, 3.05) is 39.8 Å². The van der Waals surface area contributed by atoms with Crippen LogP contribution in [0.1, 0.15) is 38.5 Å². The molecule has 0 amide bonds. The molecule has 2 N–H and O–H groups in total. The summed E-state index contributed by atoms with van der Waals surface area (Å²) < 4.78 is 0. The molecule has 4 heteroatoms. The fourth-order valence-electron chi connectivity index (χ4n) is 4.93. The standard InChI is InChI=1S/C16H30N4/c1-18-13-2-5-15(18)10-20(8-6-13)16(11-17)7-9-19(12-16)14-3-4-14/h13-15H,2-12,17H2,1H3. The van der Waals surface area contributed by atoms with E-state index >= 15 is 0 Å². The Bertz CT molecular complexity index is 369. The number of nitrogens with two attached hydrogens (primary N) is 1. The van der Waals surface area contributed by atoms with Crippen molar-refractivity contribution >= 4 is 0 Å². The van der Waals surface area contributed by atoms with Crippen LogP contribution < -0.4 is 5.73 Å². The minimum Gasteiger partial charge on any atom is -0.329 e. The zero-order valence-electron chi connectivity index (χ0n) is 12.9. The second kappa shape index (κ2) is 4.94. The molecule has 20 heavy (non-hydrogen) atoms. The average molecular weight is 278 g/mol. The van der Waals surface area contributed by atoms with Crippen molar-refractivity contribution in [2.45, 2.75) is 62.2 Å². The van der Waals surface area contributed by atoms with Crippen LogP contribution in [0.3, 0.4) is 0 Å². The van der Waals surface area contributed by atoms with Crippen LogP contribution in [-0.4, -0.2) is 78.1 Å². The molecule has 1 saturated carbocycles. The summed E-state index contributed by atoms with van der Waals surface area (Å²) in [6.07, 6.45) is 8.30. The molecule has 114 valence electrons. The van der Waals surface area contributed by atoms with Crippen LogP contribution in [0.5, 0.6) is 0 Å². The molecule has 3 aliphatic heterocycles. The Morgan fingerprint density at radius 2 is 1.75 bits per heavy atom. The van der Waals surface area contributed by atoms with E-state index in [9.17, 15) is 0 Å². The molecular formula is C16H30N4. The largest absolute Gasteiger partial charge is 0.329 e. The number of nitrogens with zero attached hydrogens (tertiary/aromatic N) is 3. The number of hydrogen-bond donors (Lipinski definition) is 1. The molecule has 0 aromatic rings. The molecule has 4 fully saturated rings. The smallest absolute Gasteiger partial charge is 0.0471 e. The van der Waals surface area contributed by atoms with Gasteiger partial charge in [-0.3, -0.25) is 14.7 Å². The minimum absolute atomic E-state index is 0.286. The third kappa shape index (κ3) is 2.12. The molecule has 0 aromatic heterocycles. The van der Waals surface area contributed by atoms with E-state index in [1.165, 1.54) is 64.7 Å². The van der Waals surface area contributed by atoms with Crippen molar-refractivity contribution < 1.29 is 0 Å². The van der Waals surface area contributed by atoms with Crippen molar-refractivity contribution in [2.24, 2.45) is 5.73 Å². The van der Waals surface area contributed by atoms with E-state index in [1.54, 1.807) is 0 Å². The van der Waals surface area contributed by atoms with Gasteiger partial charge in [-0.25, -0.2) is 0 Å². The summed E-state index contributed by atoms with van der Waals surface area (Å²) in [5, 5.41) is 0. The van der Waals surface area contributed by atoms with Crippen LogP contribution in [-0.2, 0) is 0 Å². The lowest BCUT2D eigenvalue weighted by Crippen LogP contribution is -2.57. The second-order valence-corrected chi connectivity index (χ2v) is 7.67. The van der Waals surface area contributed by atoms with Gasteiger partial charge in [0.25, 0.3) is 0 Å². The zero-order chi connectivity index (χ0) is 13.7. The Balaban J connectivity index is 1.50. The van der Waals surface area contributed by atoms with Crippen LogP contribution in [0.25, 0.3) is 0 Å². The van der Waals surface area contributed by atoms with Gasteiger partial charge in [0.15, 0.2) is 0 Å². The Hall–Kier alpha value is -0.160. The molecule has 0 aromatic carbocycles. The minimum atomic E-state index is 0.286. The fraction of sp³-hybridized carbons (Fsp3) is 1.00. The Morgan fingerprint density at radius 1 is 1.00 bits per heavy atom. The Kier molecular flexibility index (Phi) is 3.33. The summed E-state index contributed by atoms with van der Waals surface area (Å²) in [6, 6.07) is 2.51. The van der Waals surface area contributed by atoms with Gasteiger partial charge in [-0.15, -0.1) is 0 Å². The first-order valence-electron chi connectivity index (χ1n) is 8.63. The second-order valence-electron chi connectivity index (χ2n) is 7.67. The van der Waals surface area contributed by atoms with Gasteiger partial charge in [0.05, 0.1) is 0 Å². The summed E-state index contributed by atoms with van der Waals surface area (Å²) in [4.78, 5) is 8.16. The van der Waals surface area contributed by atoms with E-state index in [-0.39, 0.29) is 5.54 Å². The molecule has 3 heterocycles. The molecule has 2 bridgehead atoms. The van der Waals surface area contributed by atoms with Crippen LogP contribution in [0.15, 0.2) is 0 Å². The number of hydrogen-bond acceptors (Lipinski definition) is 4. The SMILES string of the molecule is CN1C2CCC1CN(C1(CN)CCN(C3CC3)C1)CC2. The highest BCUT2D eigenvalue weighted by Crippen LogP contribution is 2.38. The topological polar surface area (TPSA) is 35.7 Å². The number of likely N-dealkylation sites (tertiary alicyclic amines) is 2. The van der Waals surface area contributed by atoms with E-state index < -0.39 is 0 Å². The van der Waals surface area contributed by atoms with Crippen LogP contribution in [0, 0.1) is 0 Å². The highest BCUT2D eigenvalue weighted by Gasteiger charge is 2.48.